The lowest BCUT2D eigenvalue weighted by molar-refractivity contribution is -0.274. The normalized spacial score (nSPS) is 14.8. The number of halogens is 5. The van der Waals surface area contributed by atoms with Crippen LogP contribution in [-0.4, -0.2) is 39.5 Å². The summed E-state index contributed by atoms with van der Waals surface area (Å²) in [5, 5.41) is 19.2. The number of nitriles is 1. The first-order valence-corrected chi connectivity index (χ1v) is 12.0. The molecule has 13 heteroatoms. The van der Waals surface area contributed by atoms with E-state index in [1.807, 2.05) is 6.07 Å². The number of aromatic nitrogens is 2. The van der Waals surface area contributed by atoms with Crippen LogP contribution in [0.15, 0.2) is 48.5 Å². The van der Waals surface area contributed by atoms with Gasteiger partial charge in [0.15, 0.2) is 0 Å². The third-order valence-electron chi connectivity index (χ3n) is 5.84. The van der Waals surface area contributed by atoms with E-state index in [4.69, 9.17) is 23.2 Å². The van der Waals surface area contributed by atoms with Crippen molar-refractivity contribution in [1.29, 1.82) is 5.26 Å². The lowest BCUT2D eigenvalue weighted by Crippen LogP contribution is -2.51. The van der Waals surface area contributed by atoms with Crippen LogP contribution in [0, 0.1) is 11.3 Å². The zero-order chi connectivity index (χ0) is 27.7. The Morgan fingerprint density at radius 2 is 1.95 bits per heavy atom. The van der Waals surface area contributed by atoms with Crippen LogP contribution in [0.25, 0.3) is 11.3 Å². The van der Waals surface area contributed by atoms with Gasteiger partial charge in [-0.15, -0.1) is 13.2 Å². The molecular weight excluding hydrogens is 546 g/mol. The highest BCUT2D eigenvalue weighted by Gasteiger charge is 2.45. The Morgan fingerprint density at radius 1 is 1.21 bits per heavy atom. The molecule has 2 aromatic carbocycles. The maximum atomic E-state index is 13.2. The summed E-state index contributed by atoms with van der Waals surface area (Å²) in [6, 6.07) is 12.9. The Balaban J connectivity index is 1.57. The van der Waals surface area contributed by atoms with Crippen molar-refractivity contribution in [2.75, 3.05) is 0 Å². The largest absolute Gasteiger partial charge is 0.573 e. The molecule has 4 rings (SSSR count). The number of amides is 2. The SMILES string of the molecule is Cn1nc(-c2cccc(Cl)c2)cc1C(=O)NC(Cc1ccc(OC(F)(F)F)c(Cl)c1)C(=O)NC1(C#N)CC1. The molecule has 0 bridgehead atoms. The summed E-state index contributed by atoms with van der Waals surface area (Å²) in [6.07, 6.45) is -4.11. The highest BCUT2D eigenvalue weighted by molar-refractivity contribution is 6.32. The maximum Gasteiger partial charge on any atom is 0.573 e. The smallest absolute Gasteiger partial charge is 0.404 e. The van der Waals surface area contributed by atoms with E-state index < -0.39 is 35.5 Å². The maximum absolute atomic E-state index is 13.2. The molecule has 2 N–H and O–H groups in total. The van der Waals surface area contributed by atoms with Gasteiger partial charge in [-0.25, -0.2) is 0 Å². The molecule has 1 fully saturated rings. The standard InChI is InChI=1S/C25H20Cl2F3N5O3/c1-35-20(12-18(34-35)15-3-2-4-16(26)11-15)23(37)32-19(22(36)33-24(13-31)7-8-24)10-14-5-6-21(17(27)9-14)38-25(28,29)30/h2-6,9,11-12,19H,7-8,10H2,1H3,(H,32,37)(H,33,36). The lowest BCUT2D eigenvalue weighted by Gasteiger charge is -2.21. The van der Waals surface area contributed by atoms with Crippen molar-refractivity contribution in [2.24, 2.45) is 7.05 Å². The Morgan fingerprint density at radius 3 is 2.55 bits per heavy atom. The predicted octanol–water partition coefficient (Wildman–Crippen LogP) is 4.81. The number of alkyl halides is 3. The molecule has 0 spiro atoms. The molecule has 1 aromatic heterocycles. The fourth-order valence-electron chi connectivity index (χ4n) is 3.74. The first kappa shape index (κ1) is 27.3. The van der Waals surface area contributed by atoms with Crippen LogP contribution >= 0.6 is 23.2 Å². The van der Waals surface area contributed by atoms with E-state index in [2.05, 4.69) is 20.5 Å². The summed E-state index contributed by atoms with van der Waals surface area (Å²) in [6.45, 7) is 0. The molecule has 0 aliphatic heterocycles. The van der Waals surface area contributed by atoms with Gasteiger partial charge in [0.25, 0.3) is 5.91 Å². The monoisotopic (exact) mass is 565 g/mol. The number of rotatable bonds is 8. The Kier molecular flexibility index (Phi) is 7.58. The van der Waals surface area contributed by atoms with Gasteiger partial charge in [-0.2, -0.15) is 10.4 Å². The van der Waals surface area contributed by atoms with E-state index >= 15 is 0 Å². The second-order valence-electron chi connectivity index (χ2n) is 8.77. The first-order valence-electron chi connectivity index (χ1n) is 11.3. The minimum absolute atomic E-state index is 0.121. The molecule has 1 saturated carbocycles. The molecule has 1 atom stereocenters. The summed E-state index contributed by atoms with van der Waals surface area (Å²) < 4.78 is 43.0. The minimum Gasteiger partial charge on any atom is -0.404 e. The number of aryl methyl sites for hydroxylation is 1. The molecular formula is C25H20Cl2F3N5O3. The van der Waals surface area contributed by atoms with Crippen LogP contribution < -0.4 is 15.4 Å². The number of ether oxygens (including phenoxy) is 1. The van der Waals surface area contributed by atoms with Crippen molar-refractivity contribution in [2.45, 2.75) is 37.2 Å². The Bertz CT molecular complexity index is 1430. The molecule has 1 heterocycles. The number of carbonyl (C=O) groups is 2. The number of hydrogen-bond acceptors (Lipinski definition) is 5. The summed E-state index contributed by atoms with van der Waals surface area (Å²) in [5.74, 6) is -1.85. The van der Waals surface area contributed by atoms with Crippen LogP contribution in [0.3, 0.4) is 0 Å². The van der Waals surface area contributed by atoms with Gasteiger partial charge in [0.1, 0.15) is 23.0 Å². The highest BCUT2D eigenvalue weighted by atomic mass is 35.5. The third kappa shape index (κ3) is 6.57. The summed E-state index contributed by atoms with van der Waals surface area (Å²) in [4.78, 5) is 26.3. The van der Waals surface area contributed by atoms with Crippen molar-refractivity contribution < 1.29 is 27.5 Å². The number of carbonyl (C=O) groups excluding carboxylic acids is 2. The van der Waals surface area contributed by atoms with Crippen molar-refractivity contribution in [3.8, 4) is 23.1 Å². The Labute approximate surface area is 225 Å². The minimum atomic E-state index is -4.93. The highest BCUT2D eigenvalue weighted by Crippen LogP contribution is 2.35. The van der Waals surface area contributed by atoms with Crippen LogP contribution in [-0.2, 0) is 18.3 Å². The van der Waals surface area contributed by atoms with E-state index in [0.717, 1.165) is 6.07 Å². The van der Waals surface area contributed by atoms with E-state index in [1.165, 1.54) is 22.9 Å². The van der Waals surface area contributed by atoms with E-state index in [0.29, 0.717) is 34.7 Å². The second-order valence-corrected chi connectivity index (χ2v) is 9.62. The van der Waals surface area contributed by atoms with Gasteiger partial charge in [0.05, 0.1) is 16.8 Å². The van der Waals surface area contributed by atoms with Gasteiger partial charge in [0, 0.05) is 24.1 Å². The number of hydrogen-bond donors (Lipinski definition) is 2. The molecule has 38 heavy (non-hydrogen) atoms. The average Bonchev–Trinajstić information content (AvgIpc) is 3.50. The fraction of sp³-hybridized carbons (Fsp3) is 0.280. The second kappa shape index (κ2) is 10.6. The zero-order valence-corrected chi connectivity index (χ0v) is 21.3. The fourth-order valence-corrected chi connectivity index (χ4v) is 4.17. The van der Waals surface area contributed by atoms with Crippen LogP contribution in [0.4, 0.5) is 13.2 Å². The molecule has 1 aliphatic rings. The number of nitrogens with zero attached hydrogens (tertiary/aromatic N) is 3. The van der Waals surface area contributed by atoms with E-state index in [9.17, 15) is 28.0 Å². The van der Waals surface area contributed by atoms with Crippen LogP contribution in [0.1, 0.15) is 28.9 Å². The number of benzene rings is 2. The zero-order valence-electron chi connectivity index (χ0n) is 19.8. The molecule has 0 radical (unpaired) electrons. The molecule has 8 nitrogen and oxygen atoms in total. The molecule has 3 aromatic rings. The third-order valence-corrected chi connectivity index (χ3v) is 6.37. The van der Waals surface area contributed by atoms with Gasteiger partial charge < -0.3 is 15.4 Å². The van der Waals surface area contributed by atoms with E-state index in [-0.39, 0.29) is 17.1 Å². The molecule has 1 aliphatic carbocycles. The number of nitrogens with one attached hydrogen (secondary N) is 2. The lowest BCUT2D eigenvalue weighted by atomic mass is 10.0. The van der Waals surface area contributed by atoms with Gasteiger partial charge in [-0.1, -0.05) is 41.4 Å². The van der Waals surface area contributed by atoms with Gasteiger partial charge in [-0.05, 0) is 48.7 Å². The van der Waals surface area contributed by atoms with Crippen LogP contribution in [0.2, 0.25) is 10.0 Å². The first-order chi connectivity index (χ1) is 17.9. The predicted molar refractivity (Wildman–Crippen MR) is 132 cm³/mol. The van der Waals surface area contributed by atoms with Crippen molar-refractivity contribution >= 4 is 35.0 Å². The average molecular weight is 566 g/mol. The van der Waals surface area contributed by atoms with E-state index in [1.54, 1.807) is 31.3 Å². The Hall–Kier alpha value is -3.75. The van der Waals surface area contributed by atoms with Gasteiger partial charge >= 0.3 is 6.36 Å². The molecule has 198 valence electrons. The van der Waals surface area contributed by atoms with Crippen LogP contribution in [0.5, 0.6) is 5.75 Å². The molecule has 0 saturated heterocycles. The molecule has 1 unspecified atom stereocenters. The quantitative estimate of drug-likeness (QED) is 0.407. The summed E-state index contributed by atoms with van der Waals surface area (Å²) >= 11 is 12.0. The van der Waals surface area contributed by atoms with Gasteiger partial charge in [-0.3, -0.25) is 14.3 Å². The summed E-state index contributed by atoms with van der Waals surface area (Å²) in [7, 11) is 1.56. The van der Waals surface area contributed by atoms with Crippen molar-refractivity contribution in [3.63, 3.8) is 0 Å². The topological polar surface area (TPSA) is 109 Å². The summed E-state index contributed by atoms with van der Waals surface area (Å²) in [5.41, 5.74) is 0.660. The molecule has 2 amide bonds. The van der Waals surface area contributed by atoms with Gasteiger partial charge in [0.2, 0.25) is 5.91 Å². The van der Waals surface area contributed by atoms with Crippen molar-refractivity contribution in [3.05, 3.63) is 69.8 Å². The van der Waals surface area contributed by atoms with Crippen molar-refractivity contribution in [1.82, 2.24) is 20.4 Å².